The molecule has 1 aliphatic heterocycles. The van der Waals surface area contributed by atoms with Gasteiger partial charge in [0.05, 0.1) is 11.1 Å². The fourth-order valence-corrected chi connectivity index (χ4v) is 3.64. The van der Waals surface area contributed by atoms with E-state index in [4.69, 9.17) is 0 Å². The number of fused-ring (bicyclic) bond motifs is 2. The number of rotatable bonds is 1. The summed E-state index contributed by atoms with van der Waals surface area (Å²) in [5, 5.41) is 0. The number of hydrogen-bond acceptors (Lipinski definition) is 2. The number of amides is 2. The van der Waals surface area contributed by atoms with Gasteiger partial charge in [0, 0.05) is 5.92 Å². The lowest BCUT2D eigenvalue weighted by atomic mass is 9.62. The van der Waals surface area contributed by atoms with Crippen molar-refractivity contribution < 1.29 is 9.59 Å². The zero-order valence-electron chi connectivity index (χ0n) is 11.6. The van der Waals surface area contributed by atoms with E-state index < -0.39 is 5.41 Å². The van der Waals surface area contributed by atoms with Crippen molar-refractivity contribution in [2.45, 2.75) is 33.6 Å². The lowest BCUT2D eigenvalue weighted by Gasteiger charge is -2.47. The van der Waals surface area contributed by atoms with Gasteiger partial charge in [-0.1, -0.05) is 39.0 Å². The Kier molecular flexibility index (Phi) is 2.40. The van der Waals surface area contributed by atoms with Crippen LogP contribution in [0, 0.1) is 16.7 Å². The number of carbonyl (C=O) groups is 2. The number of para-hydroxylation sites is 1. The van der Waals surface area contributed by atoms with Crippen molar-refractivity contribution in [3.05, 3.63) is 30.3 Å². The molecule has 3 heteroatoms. The molecule has 0 unspecified atom stereocenters. The van der Waals surface area contributed by atoms with Crippen LogP contribution in [0.15, 0.2) is 30.3 Å². The van der Waals surface area contributed by atoms with Crippen LogP contribution in [0.1, 0.15) is 33.6 Å². The summed E-state index contributed by atoms with van der Waals surface area (Å²) in [4.78, 5) is 26.9. The van der Waals surface area contributed by atoms with Crippen molar-refractivity contribution in [3.8, 4) is 0 Å². The van der Waals surface area contributed by atoms with Crippen LogP contribution in [0.25, 0.3) is 0 Å². The third-order valence-electron chi connectivity index (χ3n) is 5.43. The molecule has 0 spiro atoms. The van der Waals surface area contributed by atoms with E-state index in [0.717, 1.165) is 12.8 Å². The van der Waals surface area contributed by atoms with Gasteiger partial charge in [-0.3, -0.25) is 9.59 Å². The van der Waals surface area contributed by atoms with E-state index in [9.17, 15) is 9.59 Å². The van der Waals surface area contributed by atoms with Crippen molar-refractivity contribution in [1.29, 1.82) is 0 Å². The monoisotopic (exact) mass is 257 g/mol. The van der Waals surface area contributed by atoms with E-state index in [0.29, 0.717) is 5.69 Å². The molecule has 1 aromatic carbocycles. The first-order valence-corrected chi connectivity index (χ1v) is 6.83. The fourth-order valence-electron chi connectivity index (χ4n) is 3.64. The quantitative estimate of drug-likeness (QED) is 0.725. The highest BCUT2D eigenvalue weighted by Crippen LogP contribution is 2.60. The molecule has 1 aliphatic carbocycles. The minimum absolute atomic E-state index is 0.0313. The van der Waals surface area contributed by atoms with Crippen LogP contribution in [-0.4, -0.2) is 11.8 Å². The first-order chi connectivity index (χ1) is 8.89. The van der Waals surface area contributed by atoms with Crippen molar-refractivity contribution in [1.82, 2.24) is 0 Å². The first-order valence-electron chi connectivity index (χ1n) is 6.83. The van der Waals surface area contributed by atoms with Gasteiger partial charge in [0.15, 0.2) is 0 Å². The summed E-state index contributed by atoms with van der Waals surface area (Å²) in [6, 6.07) is 9.27. The molecule has 0 aromatic heterocycles. The minimum Gasteiger partial charge on any atom is -0.274 e. The third kappa shape index (κ3) is 1.38. The average Bonchev–Trinajstić information content (AvgIpc) is 2.56. The molecular weight excluding hydrogens is 238 g/mol. The number of imide groups is 1. The zero-order valence-corrected chi connectivity index (χ0v) is 11.6. The molecule has 2 aliphatic rings. The molecule has 2 fully saturated rings. The molecule has 0 radical (unpaired) electrons. The highest BCUT2D eigenvalue weighted by atomic mass is 16.2. The predicted molar refractivity (Wildman–Crippen MR) is 73.5 cm³/mol. The Morgan fingerprint density at radius 3 is 2.37 bits per heavy atom. The van der Waals surface area contributed by atoms with Crippen LogP contribution in [0.5, 0.6) is 0 Å². The molecule has 2 atom stereocenters. The molecule has 0 N–H and O–H groups in total. The lowest BCUT2D eigenvalue weighted by molar-refractivity contribution is -0.146. The maximum atomic E-state index is 12.8. The second-order valence-electron chi connectivity index (χ2n) is 6.46. The normalized spacial score (nSPS) is 32.8. The van der Waals surface area contributed by atoms with Gasteiger partial charge < -0.3 is 0 Å². The van der Waals surface area contributed by atoms with Crippen LogP contribution in [0.3, 0.4) is 0 Å². The van der Waals surface area contributed by atoms with Crippen molar-refractivity contribution >= 4 is 17.5 Å². The molecule has 3 nitrogen and oxygen atoms in total. The number of hydrogen-bond donors (Lipinski definition) is 0. The SMILES string of the molecule is CC1(C)[C@@H]2CC[C@@]1(C)C(=O)N(c1ccccc1)C2=O. The molecule has 3 rings (SSSR count). The van der Waals surface area contributed by atoms with E-state index in [1.165, 1.54) is 4.90 Å². The van der Waals surface area contributed by atoms with Gasteiger partial charge in [-0.15, -0.1) is 0 Å². The molecule has 1 saturated carbocycles. The Labute approximate surface area is 113 Å². The molecule has 1 heterocycles. The van der Waals surface area contributed by atoms with Gasteiger partial charge in [0.1, 0.15) is 0 Å². The molecule has 2 amide bonds. The van der Waals surface area contributed by atoms with Gasteiger partial charge >= 0.3 is 0 Å². The first kappa shape index (κ1) is 12.4. The lowest BCUT2D eigenvalue weighted by Crippen LogP contribution is -2.59. The number of carbonyl (C=O) groups excluding carboxylic acids is 2. The molecule has 1 saturated heterocycles. The molecule has 100 valence electrons. The predicted octanol–water partition coefficient (Wildman–Crippen LogP) is 3.00. The molecule has 19 heavy (non-hydrogen) atoms. The van der Waals surface area contributed by atoms with E-state index in [1.54, 1.807) is 0 Å². The summed E-state index contributed by atoms with van der Waals surface area (Å²) in [6.07, 6.45) is 1.62. The van der Waals surface area contributed by atoms with Crippen LogP contribution in [0.4, 0.5) is 5.69 Å². The minimum atomic E-state index is -0.429. The van der Waals surface area contributed by atoms with E-state index in [-0.39, 0.29) is 23.1 Å². The Balaban J connectivity index is 2.12. The summed E-state index contributed by atoms with van der Waals surface area (Å²) < 4.78 is 0. The van der Waals surface area contributed by atoms with Crippen molar-refractivity contribution in [3.63, 3.8) is 0 Å². The van der Waals surface area contributed by atoms with Gasteiger partial charge in [0.2, 0.25) is 11.8 Å². The number of piperidine rings is 1. The zero-order chi connectivity index (χ0) is 13.8. The maximum absolute atomic E-state index is 12.8. The number of benzene rings is 1. The number of anilines is 1. The van der Waals surface area contributed by atoms with E-state index in [2.05, 4.69) is 13.8 Å². The van der Waals surface area contributed by atoms with Crippen molar-refractivity contribution in [2.24, 2.45) is 16.7 Å². The Morgan fingerprint density at radius 1 is 1.11 bits per heavy atom. The molecular formula is C16H19NO2. The van der Waals surface area contributed by atoms with E-state index in [1.807, 2.05) is 37.3 Å². The van der Waals surface area contributed by atoms with Gasteiger partial charge in [-0.2, -0.15) is 0 Å². The largest absolute Gasteiger partial charge is 0.274 e. The van der Waals surface area contributed by atoms with Crippen LogP contribution in [0.2, 0.25) is 0 Å². The Bertz CT molecular complexity index is 549. The van der Waals surface area contributed by atoms with E-state index >= 15 is 0 Å². The summed E-state index contributed by atoms with van der Waals surface area (Å²) in [7, 11) is 0. The smallest absolute Gasteiger partial charge is 0.240 e. The second-order valence-corrected chi connectivity index (χ2v) is 6.46. The highest BCUT2D eigenvalue weighted by molar-refractivity contribution is 6.20. The van der Waals surface area contributed by atoms with Gasteiger partial charge in [-0.25, -0.2) is 4.90 Å². The average molecular weight is 257 g/mol. The van der Waals surface area contributed by atoms with Gasteiger partial charge in [0.25, 0.3) is 0 Å². The van der Waals surface area contributed by atoms with Gasteiger partial charge in [-0.05, 0) is 30.4 Å². The number of nitrogens with zero attached hydrogens (tertiary/aromatic N) is 1. The van der Waals surface area contributed by atoms with Crippen LogP contribution < -0.4 is 4.90 Å². The maximum Gasteiger partial charge on any atom is 0.240 e. The highest BCUT2D eigenvalue weighted by Gasteiger charge is 2.64. The second kappa shape index (κ2) is 3.69. The van der Waals surface area contributed by atoms with Crippen molar-refractivity contribution in [2.75, 3.05) is 4.90 Å². The summed E-state index contributed by atoms with van der Waals surface area (Å²) in [6.45, 7) is 6.13. The standard InChI is InChI=1S/C16H19NO2/c1-15(2)12-9-10-16(15,3)14(19)17(13(12)18)11-7-5-4-6-8-11/h4-8,12H,9-10H2,1-3H3/t12-,16+/m1/s1. The summed E-state index contributed by atoms with van der Waals surface area (Å²) in [5.41, 5.74) is 0.0274. The fraction of sp³-hybridized carbons (Fsp3) is 0.500. The van der Waals surface area contributed by atoms with Crippen LogP contribution >= 0.6 is 0 Å². The third-order valence-corrected chi connectivity index (χ3v) is 5.43. The summed E-state index contributed by atoms with van der Waals surface area (Å²) in [5.74, 6) is -0.117. The molecule has 1 aromatic rings. The van der Waals surface area contributed by atoms with Crippen LogP contribution in [-0.2, 0) is 9.59 Å². The Morgan fingerprint density at radius 2 is 1.74 bits per heavy atom. The Hall–Kier alpha value is -1.64. The molecule has 2 bridgehead atoms. The topological polar surface area (TPSA) is 37.4 Å². The summed E-state index contributed by atoms with van der Waals surface area (Å²) >= 11 is 0.